The van der Waals surface area contributed by atoms with Crippen molar-refractivity contribution in [1.29, 1.82) is 5.26 Å². The maximum atomic E-state index is 12.9. The molecular weight excluding hydrogens is 287 g/mol. The smallest absolute Gasteiger partial charge is 0.253 e. The van der Waals surface area contributed by atoms with E-state index < -0.39 is 11.4 Å². The lowest BCUT2D eigenvalue weighted by Crippen LogP contribution is -2.52. The molecule has 0 radical (unpaired) electrons. The van der Waals surface area contributed by atoms with E-state index in [-0.39, 0.29) is 5.91 Å². The van der Waals surface area contributed by atoms with Crippen molar-refractivity contribution in [3.8, 4) is 6.07 Å². The van der Waals surface area contributed by atoms with Crippen molar-refractivity contribution in [2.45, 2.75) is 24.8 Å². The summed E-state index contributed by atoms with van der Waals surface area (Å²) in [5.74, 6) is -0.759. The van der Waals surface area contributed by atoms with E-state index >= 15 is 0 Å². The predicted octanol–water partition coefficient (Wildman–Crippen LogP) is 2.76. The van der Waals surface area contributed by atoms with Gasteiger partial charge < -0.3 is 5.32 Å². The maximum absolute atomic E-state index is 12.9. The van der Waals surface area contributed by atoms with Crippen LogP contribution >= 0.6 is 15.9 Å². The van der Waals surface area contributed by atoms with Crippen LogP contribution in [0.2, 0.25) is 0 Å². The molecule has 0 atom stereocenters. The Morgan fingerprint density at radius 2 is 2.24 bits per heavy atom. The number of benzene rings is 1. The van der Waals surface area contributed by atoms with Gasteiger partial charge in [0.15, 0.2) is 0 Å². The summed E-state index contributed by atoms with van der Waals surface area (Å²) in [7, 11) is 0. The summed E-state index contributed by atoms with van der Waals surface area (Å²) in [6, 6.07) is 5.98. The molecular formula is C12H10BrFN2O. The highest BCUT2D eigenvalue weighted by molar-refractivity contribution is 9.10. The van der Waals surface area contributed by atoms with Gasteiger partial charge in [-0.1, -0.05) is 0 Å². The van der Waals surface area contributed by atoms with E-state index in [1.165, 1.54) is 18.2 Å². The number of carbonyl (C=O) groups is 1. The van der Waals surface area contributed by atoms with Crippen LogP contribution in [0, 0.1) is 17.1 Å². The summed E-state index contributed by atoms with van der Waals surface area (Å²) in [6.07, 6.45) is 2.29. The lowest BCUT2D eigenvalue weighted by Gasteiger charge is -2.35. The second-order valence-electron chi connectivity index (χ2n) is 4.13. The van der Waals surface area contributed by atoms with E-state index in [9.17, 15) is 9.18 Å². The molecule has 0 saturated heterocycles. The summed E-state index contributed by atoms with van der Waals surface area (Å²) in [4.78, 5) is 11.9. The summed E-state index contributed by atoms with van der Waals surface area (Å²) >= 11 is 3.13. The molecule has 1 fully saturated rings. The molecule has 1 aliphatic rings. The van der Waals surface area contributed by atoms with Crippen molar-refractivity contribution < 1.29 is 9.18 Å². The van der Waals surface area contributed by atoms with E-state index in [1.54, 1.807) is 0 Å². The van der Waals surface area contributed by atoms with E-state index in [2.05, 4.69) is 27.3 Å². The van der Waals surface area contributed by atoms with Gasteiger partial charge in [-0.15, -0.1) is 0 Å². The maximum Gasteiger partial charge on any atom is 0.253 e. The summed E-state index contributed by atoms with van der Waals surface area (Å²) < 4.78 is 13.3. The Hall–Kier alpha value is -1.41. The van der Waals surface area contributed by atoms with E-state index in [0.717, 1.165) is 6.42 Å². The van der Waals surface area contributed by atoms with Gasteiger partial charge in [-0.05, 0) is 53.4 Å². The van der Waals surface area contributed by atoms with Crippen LogP contribution in [-0.2, 0) is 0 Å². The van der Waals surface area contributed by atoms with Crippen molar-refractivity contribution in [2.75, 3.05) is 0 Å². The molecule has 1 aromatic rings. The molecule has 17 heavy (non-hydrogen) atoms. The third-order valence-electron chi connectivity index (χ3n) is 2.95. The van der Waals surface area contributed by atoms with Crippen molar-refractivity contribution in [3.63, 3.8) is 0 Å². The molecule has 5 heteroatoms. The minimum absolute atomic E-state index is 0.341. The highest BCUT2D eigenvalue weighted by Crippen LogP contribution is 2.31. The molecule has 3 nitrogen and oxygen atoms in total. The van der Waals surface area contributed by atoms with Gasteiger partial charge in [0.25, 0.3) is 5.91 Å². The molecule has 1 N–H and O–H groups in total. The second-order valence-corrected chi connectivity index (χ2v) is 4.98. The number of amides is 1. The fourth-order valence-corrected chi connectivity index (χ4v) is 2.28. The Morgan fingerprint density at radius 3 is 2.71 bits per heavy atom. The fraction of sp³-hybridized carbons (Fsp3) is 0.333. The standard InChI is InChI=1S/C12H10BrFN2O/c13-10-6-8(14)2-3-9(10)11(17)16-12(7-15)4-1-5-12/h2-3,6H,1,4-5H2,(H,16,17). The summed E-state index contributed by atoms with van der Waals surface area (Å²) in [5.41, 5.74) is -0.391. The first kappa shape index (κ1) is 12.1. The number of nitrogens with zero attached hydrogens (tertiary/aromatic N) is 1. The Balaban J connectivity index is 2.18. The second kappa shape index (κ2) is 4.46. The molecule has 1 aliphatic carbocycles. The van der Waals surface area contributed by atoms with Gasteiger partial charge >= 0.3 is 0 Å². The first-order valence-corrected chi connectivity index (χ1v) is 6.04. The average Bonchev–Trinajstić information content (AvgIpc) is 2.23. The fourth-order valence-electron chi connectivity index (χ4n) is 1.75. The molecule has 0 aromatic heterocycles. The van der Waals surface area contributed by atoms with Crippen LogP contribution in [0.1, 0.15) is 29.6 Å². The number of halogens is 2. The van der Waals surface area contributed by atoms with Crippen molar-refractivity contribution >= 4 is 21.8 Å². The predicted molar refractivity (Wildman–Crippen MR) is 63.8 cm³/mol. The Labute approximate surface area is 107 Å². The van der Waals surface area contributed by atoms with E-state index in [4.69, 9.17) is 5.26 Å². The van der Waals surface area contributed by atoms with Crippen molar-refractivity contribution in [3.05, 3.63) is 34.1 Å². The molecule has 1 amide bonds. The summed E-state index contributed by atoms with van der Waals surface area (Å²) in [6.45, 7) is 0. The third kappa shape index (κ3) is 2.32. The third-order valence-corrected chi connectivity index (χ3v) is 3.61. The van der Waals surface area contributed by atoms with Crippen LogP contribution in [0.15, 0.2) is 22.7 Å². The van der Waals surface area contributed by atoms with Crippen LogP contribution in [-0.4, -0.2) is 11.4 Å². The Kier molecular flexibility index (Phi) is 3.16. The number of carbonyl (C=O) groups excluding carboxylic acids is 1. The zero-order valence-corrected chi connectivity index (χ0v) is 10.6. The number of nitrogens with one attached hydrogen (secondary N) is 1. The van der Waals surface area contributed by atoms with Gasteiger partial charge in [-0.3, -0.25) is 4.79 Å². The number of hydrogen-bond acceptors (Lipinski definition) is 2. The molecule has 1 aromatic carbocycles. The lowest BCUT2D eigenvalue weighted by molar-refractivity contribution is 0.0880. The van der Waals surface area contributed by atoms with Crippen LogP contribution in [0.5, 0.6) is 0 Å². The quantitative estimate of drug-likeness (QED) is 0.912. The van der Waals surface area contributed by atoms with E-state index in [0.29, 0.717) is 22.9 Å². The van der Waals surface area contributed by atoms with Gasteiger partial charge in [-0.25, -0.2) is 4.39 Å². The molecule has 2 rings (SSSR count). The van der Waals surface area contributed by atoms with Crippen LogP contribution in [0.4, 0.5) is 4.39 Å². The summed E-state index contributed by atoms with van der Waals surface area (Å²) in [5, 5.41) is 11.7. The number of rotatable bonds is 2. The van der Waals surface area contributed by atoms with Gasteiger partial charge in [0.2, 0.25) is 0 Å². The highest BCUT2D eigenvalue weighted by Gasteiger charge is 2.38. The van der Waals surface area contributed by atoms with Gasteiger partial charge in [-0.2, -0.15) is 5.26 Å². The zero-order chi connectivity index (χ0) is 12.5. The van der Waals surface area contributed by atoms with Gasteiger partial charge in [0, 0.05) is 4.47 Å². The SMILES string of the molecule is N#CC1(NC(=O)c2ccc(F)cc2Br)CCC1. The molecule has 0 bridgehead atoms. The number of hydrogen-bond donors (Lipinski definition) is 1. The Morgan fingerprint density at radius 1 is 1.53 bits per heavy atom. The first-order valence-electron chi connectivity index (χ1n) is 5.25. The number of nitriles is 1. The molecule has 0 heterocycles. The van der Waals surface area contributed by atoms with Crippen molar-refractivity contribution in [1.82, 2.24) is 5.32 Å². The van der Waals surface area contributed by atoms with Crippen molar-refractivity contribution in [2.24, 2.45) is 0 Å². The van der Waals surface area contributed by atoms with Crippen LogP contribution < -0.4 is 5.32 Å². The molecule has 88 valence electrons. The lowest BCUT2D eigenvalue weighted by atomic mass is 9.78. The van der Waals surface area contributed by atoms with E-state index in [1.807, 2.05) is 0 Å². The monoisotopic (exact) mass is 296 g/mol. The average molecular weight is 297 g/mol. The van der Waals surface area contributed by atoms with Gasteiger partial charge in [0.05, 0.1) is 11.6 Å². The molecule has 0 aliphatic heterocycles. The minimum Gasteiger partial charge on any atom is -0.334 e. The Bertz CT molecular complexity index is 506. The highest BCUT2D eigenvalue weighted by atomic mass is 79.9. The van der Waals surface area contributed by atoms with Gasteiger partial charge in [0.1, 0.15) is 11.4 Å². The molecule has 1 saturated carbocycles. The minimum atomic E-state index is -0.731. The largest absolute Gasteiger partial charge is 0.334 e. The van der Waals surface area contributed by atoms with Crippen LogP contribution in [0.3, 0.4) is 0 Å². The topological polar surface area (TPSA) is 52.9 Å². The van der Waals surface area contributed by atoms with Crippen LogP contribution in [0.25, 0.3) is 0 Å². The first-order chi connectivity index (χ1) is 8.06. The molecule has 0 spiro atoms. The zero-order valence-electron chi connectivity index (χ0n) is 8.96. The normalized spacial score (nSPS) is 16.8. The molecule has 0 unspecified atom stereocenters.